The lowest BCUT2D eigenvalue weighted by atomic mass is 10.0. The van der Waals surface area contributed by atoms with Gasteiger partial charge in [-0.05, 0) is 23.3 Å². The molecule has 0 aromatic heterocycles. The predicted octanol–water partition coefficient (Wildman–Crippen LogP) is 1.13. The molecule has 1 heterocycles. The van der Waals surface area contributed by atoms with Gasteiger partial charge in [0.05, 0.1) is 19.1 Å². The normalized spacial score (nSPS) is 15.5. The molecule has 0 bridgehead atoms. The van der Waals surface area contributed by atoms with E-state index in [1.54, 1.807) is 12.1 Å². The second-order valence-corrected chi connectivity index (χ2v) is 3.58. The van der Waals surface area contributed by atoms with Gasteiger partial charge >= 0.3 is 5.97 Å². The molecule has 15 heavy (non-hydrogen) atoms. The minimum absolute atomic E-state index is 0.264. The first-order chi connectivity index (χ1) is 7.16. The molecule has 0 spiro atoms. The maximum absolute atomic E-state index is 10.4. The van der Waals surface area contributed by atoms with Gasteiger partial charge in [-0.2, -0.15) is 0 Å². The Morgan fingerprint density at radius 3 is 3.07 bits per heavy atom. The Labute approximate surface area is 87.1 Å². The van der Waals surface area contributed by atoms with Crippen molar-refractivity contribution < 1.29 is 19.7 Å². The zero-order chi connectivity index (χ0) is 10.8. The summed E-state index contributed by atoms with van der Waals surface area (Å²) in [5.41, 5.74) is 1.68. The highest BCUT2D eigenvalue weighted by molar-refractivity contribution is 5.67. The van der Waals surface area contributed by atoms with Crippen molar-refractivity contribution in [3.63, 3.8) is 0 Å². The summed E-state index contributed by atoms with van der Waals surface area (Å²) >= 11 is 0. The first kappa shape index (κ1) is 9.98. The maximum Gasteiger partial charge on any atom is 0.306 e. The van der Waals surface area contributed by atoms with E-state index in [0.717, 1.165) is 17.7 Å². The number of aliphatic hydroxyl groups is 1. The smallest absolute Gasteiger partial charge is 0.306 e. The van der Waals surface area contributed by atoms with E-state index in [-0.39, 0.29) is 6.42 Å². The van der Waals surface area contributed by atoms with Crippen LogP contribution in [-0.2, 0) is 11.2 Å². The number of hydrogen-bond donors (Lipinski definition) is 2. The van der Waals surface area contributed by atoms with Crippen molar-refractivity contribution in [2.24, 2.45) is 0 Å². The second kappa shape index (κ2) is 3.90. The Bertz CT molecular complexity index is 386. The van der Waals surface area contributed by atoms with Crippen molar-refractivity contribution in [1.82, 2.24) is 0 Å². The Balaban J connectivity index is 2.19. The van der Waals surface area contributed by atoms with E-state index in [0.29, 0.717) is 12.2 Å². The third-order valence-electron chi connectivity index (χ3n) is 2.47. The molecule has 4 heteroatoms. The summed E-state index contributed by atoms with van der Waals surface area (Å²) < 4.78 is 5.32. The van der Waals surface area contributed by atoms with Gasteiger partial charge in [-0.1, -0.05) is 6.07 Å². The summed E-state index contributed by atoms with van der Waals surface area (Å²) in [5.74, 6) is -0.166. The fourth-order valence-electron chi connectivity index (χ4n) is 1.70. The summed E-state index contributed by atoms with van der Waals surface area (Å²) in [5, 5.41) is 18.2. The van der Waals surface area contributed by atoms with Crippen LogP contribution in [0.25, 0.3) is 0 Å². The summed E-state index contributed by atoms with van der Waals surface area (Å²) in [6.45, 7) is 0.661. The molecule has 0 saturated heterocycles. The largest absolute Gasteiger partial charge is 0.493 e. The molecule has 1 aromatic rings. The third-order valence-corrected chi connectivity index (χ3v) is 2.47. The van der Waals surface area contributed by atoms with Crippen LogP contribution in [0, 0.1) is 0 Å². The van der Waals surface area contributed by atoms with Gasteiger partial charge in [-0.15, -0.1) is 0 Å². The number of carboxylic acid groups (broad SMARTS) is 1. The van der Waals surface area contributed by atoms with Gasteiger partial charge in [-0.25, -0.2) is 0 Å². The van der Waals surface area contributed by atoms with Crippen molar-refractivity contribution in [2.75, 3.05) is 6.61 Å². The second-order valence-electron chi connectivity index (χ2n) is 3.58. The van der Waals surface area contributed by atoms with Gasteiger partial charge in [0.25, 0.3) is 0 Å². The van der Waals surface area contributed by atoms with Crippen LogP contribution in [0.15, 0.2) is 18.2 Å². The fraction of sp³-hybridized carbons (Fsp3) is 0.364. The van der Waals surface area contributed by atoms with Crippen molar-refractivity contribution in [3.8, 4) is 5.75 Å². The molecule has 0 fully saturated rings. The lowest BCUT2D eigenvalue weighted by Crippen LogP contribution is -2.05. The quantitative estimate of drug-likeness (QED) is 0.781. The molecule has 2 N–H and O–H groups in total. The van der Waals surface area contributed by atoms with Crippen LogP contribution in [0.2, 0.25) is 0 Å². The summed E-state index contributed by atoms with van der Waals surface area (Å²) in [7, 11) is 0. The molecule has 80 valence electrons. The van der Waals surface area contributed by atoms with E-state index in [4.69, 9.17) is 9.84 Å². The van der Waals surface area contributed by atoms with Crippen LogP contribution in [-0.4, -0.2) is 22.8 Å². The minimum Gasteiger partial charge on any atom is -0.493 e. The highest BCUT2D eigenvalue weighted by Crippen LogP contribution is 2.28. The average molecular weight is 208 g/mol. The molecule has 2 rings (SSSR count). The summed E-state index contributed by atoms with van der Waals surface area (Å²) in [6.07, 6.45) is -0.379. The molecule has 1 aliphatic heterocycles. The van der Waals surface area contributed by atoms with Crippen LogP contribution in [0.5, 0.6) is 5.75 Å². The predicted molar refractivity (Wildman–Crippen MR) is 52.9 cm³/mol. The van der Waals surface area contributed by atoms with Gasteiger partial charge in [0.2, 0.25) is 0 Å². The Kier molecular flexibility index (Phi) is 2.60. The number of carboxylic acids is 1. The SMILES string of the molecule is O=C(O)C[C@H](O)c1ccc2c(c1)CCO2. The topological polar surface area (TPSA) is 66.8 Å². The lowest BCUT2D eigenvalue weighted by molar-refractivity contribution is -0.139. The molecule has 4 nitrogen and oxygen atoms in total. The standard InChI is InChI=1S/C11H12O4/c12-9(6-11(13)14)7-1-2-10-8(5-7)3-4-15-10/h1-2,5,9,12H,3-4,6H2,(H,13,14)/t9-/m0/s1. The minimum atomic E-state index is -1.00. The molecule has 1 aromatic carbocycles. The van der Waals surface area contributed by atoms with E-state index in [2.05, 4.69) is 0 Å². The number of hydrogen-bond acceptors (Lipinski definition) is 3. The van der Waals surface area contributed by atoms with Crippen LogP contribution in [0.4, 0.5) is 0 Å². The number of aliphatic hydroxyl groups excluding tert-OH is 1. The number of aliphatic carboxylic acids is 1. The zero-order valence-electron chi connectivity index (χ0n) is 8.14. The highest BCUT2D eigenvalue weighted by Gasteiger charge is 2.17. The van der Waals surface area contributed by atoms with E-state index in [1.165, 1.54) is 0 Å². The Morgan fingerprint density at radius 2 is 2.33 bits per heavy atom. The van der Waals surface area contributed by atoms with E-state index < -0.39 is 12.1 Å². The van der Waals surface area contributed by atoms with Gasteiger partial charge in [-0.3, -0.25) is 4.79 Å². The van der Waals surface area contributed by atoms with Crippen molar-refractivity contribution in [2.45, 2.75) is 18.9 Å². The molecule has 0 amide bonds. The molecule has 0 unspecified atom stereocenters. The van der Waals surface area contributed by atoms with Crippen LogP contribution in [0.1, 0.15) is 23.7 Å². The first-order valence-corrected chi connectivity index (χ1v) is 4.82. The number of rotatable bonds is 3. The third kappa shape index (κ3) is 2.10. The van der Waals surface area contributed by atoms with Gasteiger partial charge < -0.3 is 14.9 Å². The molecular formula is C11H12O4. The van der Waals surface area contributed by atoms with E-state index in [1.807, 2.05) is 6.07 Å². The molecule has 0 aliphatic carbocycles. The van der Waals surface area contributed by atoms with Crippen molar-refractivity contribution in [1.29, 1.82) is 0 Å². The summed E-state index contributed by atoms with van der Waals surface area (Å²) in [4.78, 5) is 10.4. The molecule has 1 atom stereocenters. The van der Waals surface area contributed by atoms with Crippen LogP contribution >= 0.6 is 0 Å². The van der Waals surface area contributed by atoms with Gasteiger partial charge in [0.15, 0.2) is 0 Å². The number of fused-ring (bicyclic) bond motifs is 1. The van der Waals surface area contributed by atoms with Gasteiger partial charge in [0, 0.05) is 6.42 Å². The van der Waals surface area contributed by atoms with Crippen LogP contribution < -0.4 is 4.74 Å². The molecule has 0 saturated carbocycles. The van der Waals surface area contributed by atoms with E-state index >= 15 is 0 Å². The van der Waals surface area contributed by atoms with Crippen LogP contribution in [0.3, 0.4) is 0 Å². The first-order valence-electron chi connectivity index (χ1n) is 4.82. The maximum atomic E-state index is 10.4. The number of benzene rings is 1. The molecular weight excluding hydrogens is 196 g/mol. The Hall–Kier alpha value is -1.55. The van der Waals surface area contributed by atoms with E-state index in [9.17, 15) is 9.90 Å². The van der Waals surface area contributed by atoms with Crippen molar-refractivity contribution >= 4 is 5.97 Å². The average Bonchev–Trinajstić information content (AvgIpc) is 2.62. The highest BCUT2D eigenvalue weighted by atomic mass is 16.5. The number of ether oxygens (including phenoxy) is 1. The molecule has 0 radical (unpaired) electrons. The lowest BCUT2D eigenvalue weighted by Gasteiger charge is -2.09. The number of carbonyl (C=O) groups is 1. The van der Waals surface area contributed by atoms with Gasteiger partial charge in [0.1, 0.15) is 5.75 Å². The zero-order valence-corrected chi connectivity index (χ0v) is 8.14. The Morgan fingerprint density at radius 1 is 1.53 bits per heavy atom. The monoisotopic (exact) mass is 208 g/mol. The van der Waals surface area contributed by atoms with Crippen molar-refractivity contribution in [3.05, 3.63) is 29.3 Å². The fourth-order valence-corrected chi connectivity index (χ4v) is 1.70. The summed E-state index contributed by atoms with van der Waals surface area (Å²) in [6, 6.07) is 5.30. The molecule has 1 aliphatic rings.